The van der Waals surface area contributed by atoms with Gasteiger partial charge in [0.1, 0.15) is 0 Å². The van der Waals surface area contributed by atoms with Gasteiger partial charge in [-0.05, 0) is 45.7 Å². The minimum atomic E-state index is 0.236. The minimum absolute atomic E-state index is 0.236. The highest BCUT2D eigenvalue weighted by molar-refractivity contribution is 5.46. The third kappa shape index (κ3) is 3.74. The maximum Gasteiger partial charge on any atom is 0.0366 e. The van der Waals surface area contributed by atoms with E-state index < -0.39 is 0 Å². The van der Waals surface area contributed by atoms with Gasteiger partial charge >= 0.3 is 0 Å². The molecule has 1 N–H and O–H groups in total. The number of anilines is 1. The Morgan fingerprint density at radius 1 is 1.06 bits per heavy atom. The number of para-hydroxylation sites is 1. The Hall–Kier alpha value is -1.02. The monoisotopic (exact) mass is 232 g/mol. The van der Waals surface area contributed by atoms with E-state index >= 15 is 0 Å². The number of nitrogens with zero attached hydrogens (tertiary/aromatic N) is 1. The molecule has 0 atom stereocenters. The van der Waals surface area contributed by atoms with E-state index in [0.717, 1.165) is 13.1 Å². The lowest BCUT2D eigenvalue weighted by atomic mass is 9.99. The van der Waals surface area contributed by atoms with Crippen LogP contribution in [0.4, 0.5) is 5.69 Å². The fourth-order valence-corrected chi connectivity index (χ4v) is 2.53. The number of rotatable bonds is 2. The van der Waals surface area contributed by atoms with Crippen LogP contribution in [0.2, 0.25) is 0 Å². The van der Waals surface area contributed by atoms with Gasteiger partial charge in [-0.15, -0.1) is 0 Å². The van der Waals surface area contributed by atoms with Gasteiger partial charge in [0.05, 0.1) is 0 Å². The van der Waals surface area contributed by atoms with Crippen LogP contribution >= 0.6 is 0 Å². The summed E-state index contributed by atoms with van der Waals surface area (Å²) in [5, 5.41) is 3.70. The molecule has 0 aliphatic carbocycles. The highest BCUT2D eigenvalue weighted by Crippen LogP contribution is 2.20. The van der Waals surface area contributed by atoms with Crippen LogP contribution in [0, 0.1) is 0 Å². The molecule has 94 valence electrons. The lowest BCUT2D eigenvalue weighted by Gasteiger charge is -2.37. The molecule has 17 heavy (non-hydrogen) atoms. The molecular weight excluding hydrogens is 208 g/mol. The molecule has 1 aliphatic rings. The zero-order valence-electron chi connectivity index (χ0n) is 11.2. The zero-order valence-corrected chi connectivity index (χ0v) is 11.2. The molecule has 0 bridgehead atoms. The highest BCUT2D eigenvalue weighted by Gasteiger charge is 2.22. The first kappa shape index (κ1) is 12.4. The lowest BCUT2D eigenvalue weighted by molar-refractivity contribution is 0.317. The summed E-state index contributed by atoms with van der Waals surface area (Å²) in [5.41, 5.74) is 1.60. The smallest absolute Gasteiger partial charge is 0.0366 e. The number of hydrogen-bond acceptors (Lipinski definition) is 2. The minimum Gasteiger partial charge on any atom is -0.371 e. The van der Waals surface area contributed by atoms with Crippen LogP contribution in [-0.2, 0) is 0 Å². The molecule has 0 amide bonds. The van der Waals surface area contributed by atoms with Gasteiger partial charge in [-0.1, -0.05) is 18.2 Å². The van der Waals surface area contributed by atoms with Gasteiger partial charge < -0.3 is 10.2 Å². The molecule has 0 spiro atoms. The maximum atomic E-state index is 3.70. The molecule has 0 radical (unpaired) electrons. The van der Waals surface area contributed by atoms with E-state index in [1.807, 2.05) is 0 Å². The second-order valence-electron chi connectivity index (χ2n) is 5.99. The average Bonchev–Trinajstić information content (AvgIpc) is 2.29. The molecule has 2 rings (SSSR count). The predicted octanol–water partition coefficient (Wildman–Crippen LogP) is 3.04. The van der Waals surface area contributed by atoms with Crippen molar-refractivity contribution in [3.63, 3.8) is 0 Å². The van der Waals surface area contributed by atoms with Crippen LogP contribution in [-0.4, -0.2) is 24.7 Å². The Labute approximate surface area is 105 Å². The second kappa shape index (κ2) is 5.09. The molecule has 1 aromatic carbocycles. The van der Waals surface area contributed by atoms with Gasteiger partial charge in [0.2, 0.25) is 0 Å². The van der Waals surface area contributed by atoms with Gasteiger partial charge in [-0.25, -0.2) is 0 Å². The van der Waals surface area contributed by atoms with E-state index in [1.165, 1.54) is 18.5 Å². The quantitative estimate of drug-likeness (QED) is 0.843. The Bertz CT molecular complexity index is 332. The third-order valence-electron chi connectivity index (χ3n) is 3.25. The summed E-state index contributed by atoms with van der Waals surface area (Å²) >= 11 is 0. The van der Waals surface area contributed by atoms with Crippen molar-refractivity contribution in [2.24, 2.45) is 0 Å². The van der Waals surface area contributed by atoms with E-state index in [4.69, 9.17) is 0 Å². The van der Waals surface area contributed by atoms with Gasteiger partial charge in [0.25, 0.3) is 0 Å². The van der Waals surface area contributed by atoms with Crippen LogP contribution in [0.1, 0.15) is 33.6 Å². The first-order valence-electron chi connectivity index (χ1n) is 6.62. The molecule has 1 aromatic rings. The van der Waals surface area contributed by atoms with Gasteiger partial charge in [0, 0.05) is 30.4 Å². The van der Waals surface area contributed by atoms with Crippen LogP contribution in [0.15, 0.2) is 30.3 Å². The molecule has 2 nitrogen and oxygen atoms in total. The fourth-order valence-electron chi connectivity index (χ4n) is 2.53. The summed E-state index contributed by atoms with van der Waals surface area (Å²) in [6, 6.07) is 11.4. The summed E-state index contributed by atoms with van der Waals surface area (Å²) in [7, 11) is 0. The van der Waals surface area contributed by atoms with E-state index in [1.54, 1.807) is 0 Å². The molecule has 0 unspecified atom stereocenters. The van der Waals surface area contributed by atoms with Crippen LogP contribution < -0.4 is 10.2 Å². The molecule has 1 fully saturated rings. The molecule has 1 heterocycles. The Morgan fingerprint density at radius 3 is 2.18 bits per heavy atom. The number of piperidine rings is 1. The fraction of sp³-hybridized carbons (Fsp3) is 0.600. The van der Waals surface area contributed by atoms with Crippen molar-refractivity contribution in [3.8, 4) is 0 Å². The summed E-state index contributed by atoms with van der Waals surface area (Å²) in [6.45, 7) is 9.07. The van der Waals surface area contributed by atoms with Gasteiger partial charge in [-0.3, -0.25) is 0 Å². The van der Waals surface area contributed by atoms with Crippen molar-refractivity contribution < 1.29 is 0 Å². The third-order valence-corrected chi connectivity index (χ3v) is 3.25. The average molecular weight is 232 g/mol. The largest absolute Gasteiger partial charge is 0.371 e. The summed E-state index contributed by atoms with van der Waals surface area (Å²) in [6.07, 6.45) is 2.48. The van der Waals surface area contributed by atoms with Gasteiger partial charge in [-0.2, -0.15) is 0 Å². The SMILES string of the molecule is CC(C)(C)NC1CCN(c2ccccc2)CC1. The van der Waals surface area contributed by atoms with E-state index in [9.17, 15) is 0 Å². The van der Waals surface area contributed by atoms with E-state index in [0.29, 0.717) is 6.04 Å². The zero-order chi connectivity index (χ0) is 12.3. The van der Waals surface area contributed by atoms with Crippen molar-refractivity contribution in [2.45, 2.75) is 45.2 Å². The van der Waals surface area contributed by atoms with Crippen molar-refractivity contribution in [1.82, 2.24) is 5.32 Å². The summed E-state index contributed by atoms with van der Waals surface area (Å²) < 4.78 is 0. The van der Waals surface area contributed by atoms with Crippen LogP contribution in [0.3, 0.4) is 0 Å². The standard InChI is InChI=1S/C15H24N2/c1-15(2,3)16-13-9-11-17(12-10-13)14-7-5-4-6-8-14/h4-8,13,16H,9-12H2,1-3H3. The van der Waals surface area contributed by atoms with Crippen molar-refractivity contribution in [3.05, 3.63) is 30.3 Å². The molecule has 0 aromatic heterocycles. The molecule has 1 saturated heterocycles. The maximum absolute atomic E-state index is 3.70. The van der Waals surface area contributed by atoms with Crippen molar-refractivity contribution in [1.29, 1.82) is 0 Å². The lowest BCUT2D eigenvalue weighted by Crippen LogP contribution is -2.49. The Balaban J connectivity index is 1.86. The highest BCUT2D eigenvalue weighted by atomic mass is 15.2. The summed E-state index contributed by atoms with van der Waals surface area (Å²) in [4.78, 5) is 2.49. The molecular formula is C15H24N2. The van der Waals surface area contributed by atoms with Crippen LogP contribution in [0.5, 0.6) is 0 Å². The number of hydrogen-bond donors (Lipinski definition) is 1. The normalized spacial score (nSPS) is 18.4. The Morgan fingerprint density at radius 2 is 1.65 bits per heavy atom. The number of nitrogens with one attached hydrogen (secondary N) is 1. The molecule has 0 saturated carbocycles. The second-order valence-corrected chi connectivity index (χ2v) is 5.99. The summed E-state index contributed by atoms with van der Waals surface area (Å²) in [5.74, 6) is 0. The van der Waals surface area contributed by atoms with E-state index in [2.05, 4.69) is 61.3 Å². The van der Waals surface area contributed by atoms with Gasteiger partial charge in [0.15, 0.2) is 0 Å². The Kier molecular flexibility index (Phi) is 3.72. The number of benzene rings is 1. The van der Waals surface area contributed by atoms with Crippen molar-refractivity contribution in [2.75, 3.05) is 18.0 Å². The first-order valence-corrected chi connectivity index (χ1v) is 6.62. The predicted molar refractivity (Wildman–Crippen MR) is 74.6 cm³/mol. The topological polar surface area (TPSA) is 15.3 Å². The first-order chi connectivity index (χ1) is 8.04. The molecule has 2 heteroatoms. The van der Waals surface area contributed by atoms with Crippen LogP contribution in [0.25, 0.3) is 0 Å². The van der Waals surface area contributed by atoms with Crippen molar-refractivity contribution >= 4 is 5.69 Å². The van der Waals surface area contributed by atoms with E-state index in [-0.39, 0.29) is 5.54 Å². The molecule has 1 aliphatic heterocycles.